The molecule has 0 saturated carbocycles. The number of hydrogen-bond donors (Lipinski definition) is 1. The van der Waals surface area contributed by atoms with Crippen molar-refractivity contribution in [3.8, 4) is 5.75 Å². The lowest BCUT2D eigenvalue weighted by molar-refractivity contribution is -0.137. The highest BCUT2D eigenvalue weighted by Gasteiger charge is 2.42. The zero-order valence-electron chi connectivity index (χ0n) is 16.6. The van der Waals surface area contributed by atoms with Crippen LogP contribution in [0.1, 0.15) is 29.5 Å². The molecule has 1 aliphatic heterocycles. The molecule has 4 nitrogen and oxygen atoms in total. The van der Waals surface area contributed by atoms with Crippen LogP contribution >= 0.6 is 0 Å². The minimum atomic E-state index is -4.35. The predicted octanol–water partition coefficient (Wildman–Crippen LogP) is 4.67. The average molecular weight is 406 g/mol. The first-order valence-corrected chi connectivity index (χ1v) is 9.54. The maximum absolute atomic E-state index is 12.8. The summed E-state index contributed by atoms with van der Waals surface area (Å²) in [6.45, 7) is 0.478. The first kappa shape index (κ1) is 21.0. The van der Waals surface area contributed by atoms with E-state index in [0.29, 0.717) is 13.0 Å². The van der Waals surface area contributed by atoms with Crippen LogP contribution in [0.4, 0.5) is 18.0 Å². The molecule has 29 heavy (non-hydrogen) atoms. The summed E-state index contributed by atoms with van der Waals surface area (Å²) in [4.78, 5) is 13.8. The van der Waals surface area contributed by atoms with Crippen LogP contribution < -0.4 is 10.1 Å². The summed E-state index contributed by atoms with van der Waals surface area (Å²) in [6, 6.07) is 12.9. The second-order valence-corrected chi connectivity index (χ2v) is 7.52. The fourth-order valence-electron chi connectivity index (χ4n) is 3.82. The summed E-state index contributed by atoms with van der Waals surface area (Å²) in [5.74, 6) is 0.804. The summed E-state index contributed by atoms with van der Waals surface area (Å²) < 4.78 is 43.6. The molecule has 1 heterocycles. The monoisotopic (exact) mass is 406 g/mol. The Morgan fingerprint density at radius 3 is 2.21 bits per heavy atom. The molecule has 156 valence electrons. The number of urea groups is 1. The van der Waals surface area contributed by atoms with E-state index in [2.05, 4.69) is 5.32 Å². The molecule has 7 heteroatoms. The number of benzene rings is 2. The Kier molecular flexibility index (Phi) is 6.05. The second-order valence-electron chi connectivity index (χ2n) is 7.52. The van der Waals surface area contributed by atoms with Gasteiger partial charge < -0.3 is 15.0 Å². The Hall–Kier alpha value is -2.70. The van der Waals surface area contributed by atoms with Gasteiger partial charge in [0.05, 0.1) is 18.2 Å². The quantitative estimate of drug-likeness (QED) is 0.726. The van der Waals surface area contributed by atoms with Gasteiger partial charge in [-0.05, 0) is 61.1 Å². The number of halogens is 3. The number of nitrogens with zero attached hydrogens (tertiary/aromatic N) is 1. The topological polar surface area (TPSA) is 41.6 Å². The molecule has 0 aromatic heterocycles. The smallest absolute Gasteiger partial charge is 0.416 e. The van der Waals surface area contributed by atoms with Crippen molar-refractivity contribution in [2.75, 3.05) is 20.7 Å². The first-order chi connectivity index (χ1) is 13.7. The van der Waals surface area contributed by atoms with Gasteiger partial charge in [0.25, 0.3) is 0 Å². The lowest BCUT2D eigenvalue weighted by atomic mass is 9.84. The molecular weight excluding hydrogens is 381 g/mol. The van der Waals surface area contributed by atoms with Crippen LogP contribution in [0.25, 0.3) is 0 Å². The molecule has 1 fully saturated rings. The fourth-order valence-corrected chi connectivity index (χ4v) is 3.82. The fraction of sp³-hybridized carbons (Fsp3) is 0.409. The number of amides is 2. The molecule has 0 bridgehead atoms. The van der Waals surface area contributed by atoms with E-state index >= 15 is 0 Å². The molecule has 2 aromatic rings. The van der Waals surface area contributed by atoms with E-state index in [1.807, 2.05) is 24.3 Å². The number of carbonyl (C=O) groups is 1. The minimum absolute atomic E-state index is 0.152. The van der Waals surface area contributed by atoms with Gasteiger partial charge in [0.15, 0.2) is 0 Å². The highest BCUT2D eigenvalue weighted by molar-refractivity contribution is 5.77. The number of nitrogens with one attached hydrogen (secondary N) is 1. The van der Waals surface area contributed by atoms with Crippen LogP contribution in [0.3, 0.4) is 0 Å². The highest BCUT2D eigenvalue weighted by Crippen LogP contribution is 2.32. The first-order valence-electron chi connectivity index (χ1n) is 9.54. The van der Waals surface area contributed by atoms with Crippen LogP contribution in [-0.4, -0.2) is 37.2 Å². The predicted molar refractivity (Wildman–Crippen MR) is 105 cm³/mol. The number of alkyl halides is 3. The summed E-state index contributed by atoms with van der Waals surface area (Å²) >= 11 is 0. The molecule has 1 unspecified atom stereocenters. The van der Waals surface area contributed by atoms with Crippen molar-refractivity contribution in [2.24, 2.45) is 0 Å². The molecular formula is C22H25F3N2O2. The Balaban J connectivity index is 1.70. The largest absolute Gasteiger partial charge is 0.497 e. The van der Waals surface area contributed by atoms with Crippen LogP contribution in [0.15, 0.2) is 48.5 Å². The number of likely N-dealkylation sites (N-methyl/N-ethyl adjacent to an activating group) is 1. The number of aryl methyl sites for hydroxylation is 1. The normalized spacial score (nSPS) is 19.3. The van der Waals surface area contributed by atoms with Crippen LogP contribution in [0.5, 0.6) is 5.75 Å². The van der Waals surface area contributed by atoms with E-state index in [4.69, 9.17) is 4.74 Å². The molecule has 1 atom stereocenters. The number of hydrogen-bond acceptors (Lipinski definition) is 2. The maximum atomic E-state index is 12.8. The second kappa shape index (κ2) is 8.35. The van der Waals surface area contributed by atoms with Crippen LogP contribution in [0.2, 0.25) is 0 Å². The number of ether oxygens (including phenoxy) is 1. The zero-order chi connectivity index (χ0) is 21.1. The van der Waals surface area contributed by atoms with Gasteiger partial charge in [-0.15, -0.1) is 0 Å². The summed E-state index contributed by atoms with van der Waals surface area (Å²) in [5.41, 5.74) is 0.841. The van der Waals surface area contributed by atoms with Gasteiger partial charge in [0.2, 0.25) is 0 Å². The maximum Gasteiger partial charge on any atom is 0.416 e. The molecule has 2 amide bonds. The molecule has 1 N–H and O–H groups in total. The van der Waals surface area contributed by atoms with Crippen molar-refractivity contribution in [3.63, 3.8) is 0 Å². The summed E-state index contributed by atoms with van der Waals surface area (Å²) in [7, 11) is 3.37. The molecule has 0 radical (unpaired) electrons. The van der Waals surface area contributed by atoms with Crippen molar-refractivity contribution >= 4 is 6.03 Å². The Morgan fingerprint density at radius 1 is 1.07 bits per heavy atom. The third-order valence-electron chi connectivity index (χ3n) is 5.67. The average Bonchev–Trinajstić information content (AvgIpc) is 2.97. The Labute approximate surface area is 168 Å². The van der Waals surface area contributed by atoms with E-state index in [9.17, 15) is 18.0 Å². The Morgan fingerprint density at radius 2 is 1.69 bits per heavy atom. The molecule has 1 saturated heterocycles. The van der Waals surface area contributed by atoms with Gasteiger partial charge in [-0.3, -0.25) is 0 Å². The van der Waals surface area contributed by atoms with E-state index in [0.717, 1.165) is 42.7 Å². The van der Waals surface area contributed by atoms with Crippen molar-refractivity contribution < 1.29 is 22.7 Å². The van der Waals surface area contributed by atoms with Crippen molar-refractivity contribution in [2.45, 2.75) is 37.4 Å². The zero-order valence-corrected chi connectivity index (χ0v) is 16.6. The minimum Gasteiger partial charge on any atom is -0.497 e. The van der Waals surface area contributed by atoms with Gasteiger partial charge in [0, 0.05) is 13.6 Å². The van der Waals surface area contributed by atoms with Gasteiger partial charge in [-0.1, -0.05) is 24.3 Å². The van der Waals surface area contributed by atoms with Crippen molar-refractivity contribution in [1.29, 1.82) is 0 Å². The Bertz CT molecular complexity index is 835. The molecule has 0 aliphatic carbocycles. The van der Waals surface area contributed by atoms with Crippen molar-refractivity contribution in [1.82, 2.24) is 10.2 Å². The van der Waals surface area contributed by atoms with Gasteiger partial charge >= 0.3 is 12.2 Å². The number of methoxy groups -OCH3 is 1. The lowest BCUT2D eigenvalue weighted by Gasteiger charge is -2.35. The van der Waals surface area contributed by atoms with E-state index < -0.39 is 17.3 Å². The van der Waals surface area contributed by atoms with E-state index in [1.54, 1.807) is 19.1 Å². The number of rotatable bonds is 7. The molecule has 1 aliphatic rings. The third-order valence-corrected chi connectivity index (χ3v) is 5.67. The SMILES string of the molecule is COc1ccc(CCCC2(Cc3ccc(C(F)(F)F)cc3)CNC(=O)N2C)cc1. The van der Waals surface area contributed by atoms with Gasteiger partial charge in [0.1, 0.15) is 5.75 Å². The standard InChI is InChI=1S/C22H25F3N2O2/c1-27-20(28)26-15-21(27,13-3-4-16-7-11-19(29-2)12-8-16)14-17-5-9-18(10-6-17)22(23,24)25/h5-12H,3-4,13-15H2,1-2H3,(H,26,28). The van der Waals surface area contributed by atoms with Gasteiger partial charge in [-0.25, -0.2) is 4.79 Å². The lowest BCUT2D eigenvalue weighted by Crippen LogP contribution is -2.46. The highest BCUT2D eigenvalue weighted by atomic mass is 19.4. The van der Waals surface area contributed by atoms with E-state index in [-0.39, 0.29) is 6.03 Å². The van der Waals surface area contributed by atoms with Crippen LogP contribution in [-0.2, 0) is 19.0 Å². The molecule has 3 rings (SSSR count). The molecule has 0 spiro atoms. The summed E-state index contributed by atoms with van der Waals surface area (Å²) in [6.07, 6.45) is -1.40. The van der Waals surface area contributed by atoms with Crippen LogP contribution in [0, 0.1) is 0 Å². The van der Waals surface area contributed by atoms with E-state index in [1.165, 1.54) is 17.7 Å². The van der Waals surface area contributed by atoms with Gasteiger partial charge in [-0.2, -0.15) is 13.2 Å². The number of carbonyl (C=O) groups excluding carboxylic acids is 1. The summed E-state index contributed by atoms with van der Waals surface area (Å²) in [5, 5.41) is 2.87. The molecule has 2 aromatic carbocycles. The van der Waals surface area contributed by atoms with Crippen molar-refractivity contribution in [3.05, 3.63) is 65.2 Å². The third kappa shape index (κ3) is 4.83.